The highest BCUT2D eigenvalue weighted by molar-refractivity contribution is 7.09. The quantitative estimate of drug-likeness (QED) is 0.564. The fourth-order valence-corrected chi connectivity index (χ4v) is 3.77. The zero-order chi connectivity index (χ0) is 16.5. The van der Waals surface area contributed by atoms with Crippen molar-refractivity contribution in [1.82, 2.24) is 20.5 Å². The molecule has 0 amide bonds. The maximum Gasteiger partial charge on any atom is 0.191 e. The first-order valence-electron chi connectivity index (χ1n) is 8.96. The van der Waals surface area contributed by atoms with Crippen LogP contribution in [0.4, 0.5) is 0 Å². The highest BCUT2D eigenvalue weighted by atomic mass is 32.1. The molecule has 2 N–H and O–H groups in total. The standard InChI is InChI=1S/C17H31N5S/c1-4-16-21-14(13-23-16)9-10-19-17(18-5-2)20-12-15-8-7-11-22(15)6-3/h13,15H,4-12H2,1-3H3,(H2,18,19,20). The Hall–Kier alpha value is -1.14. The summed E-state index contributed by atoms with van der Waals surface area (Å²) in [5, 5.41) is 10.2. The third-order valence-corrected chi connectivity index (χ3v) is 5.33. The highest BCUT2D eigenvalue weighted by Crippen LogP contribution is 2.16. The van der Waals surface area contributed by atoms with Gasteiger partial charge in [-0.3, -0.25) is 9.89 Å². The molecule has 0 spiro atoms. The number of hydrogen-bond acceptors (Lipinski definition) is 4. The monoisotopic (exact) mass is 337 g/mol. The van der Waals surface area contributed by atoms with Gasteiger partial charge in [0.2, 0.25) is 0 Å². The van der Waals surface area contributed by atoms with E-state index in [0.29, 0.717) is 6.04 Å². The first-order chi connectivity index (χ1) is 11.3. The van der Waals surface area contributed by atoms with Crippen LogP contribution in [0.1, 0.15) is 44.3 Å². The largest absolute Gasteiger partial charge is 0.357 e. The van der Waals surface area contributed by atoms with E-state index in [9.17, 15) is 0 Å². The maximum atomic E-state index is 4.78. The van der Waals surface area contributed by atoms with Crippen molar-refractivity contribution in [2.24, 2.45) is 4.99 Å². The summed E-state index contributed by atoms with van der Waals surface area (Å²) in [7, 11) is 0. The van der Waals surface area contributed by atoms with Gasteiger partial charge in [0.1, 0.15) is 0 Å². The van der Waals surface area contributed by atoms with Gasteiger partial charge < -0.3 is 10.6 Å². The molecule has 1 fully saturated rings. The van der Waals surface area contributed by atoms with E-state index in [-0.39, 0.29) is 0 Å². The van der Waals surface area contributed by atoms with Gasteiger partial charge in [-0.1, -0.05) is 13.8 Å². The van der Waals surface area contributed by atoms with Gasteiger partial charge in [-0.15, -0.1) is 11.3 Å². The summed E-state index contributed by atoms with van der Waals surface area (Å²) in [6.07, 6.45) is 4.56. The van der Waals surface area contributed by atoms with Crippen LogP contribution in [0.15, 0.2) is 10.4 Å². The van der Waals surface area contributed by atoms with Gasteiger partial charge >= 0.3 is 0 Å². The van der Waals surface area contributed by atoms with Gasteiger partial charge in [-0.05, 0) is 39.3 Å². The van der Waals surface area contributed by atoms with Gasteiger partial charge in [-0.25, -0.2) is 4.98 Å². The van der Waals surface area contributed by atoms with Gasteiger partial charge in [0, 0.05) is 30.9 Å². The lowest BCUT2D eigenvalue weighted by Gasteiger charge is -2.21. The van der Waals surface area contributed by atoms with Crippen LogP contribution in [-0.2, 0) is 12.8 Å². The third-order valence-electron chi connectivity index (χ3n) is 4.28. The average Bonchev–Trinajstić information content (AvgIpc) is 3.21. The molecule has 1 aliphatic rings. The summed E-state index contributed by atoms with van der Waals surface area (Å²) in [5.74, 6) is 0.932. The normalized spacial score (nSPS) is 19.3. The van der Waals surface area contributed by atoms with E-state index in [1.165, 1.54) is 30.1 Å². The van der Waals surface area contributed by atoms with Crippen LogP contribution in [0.2, 0.25) is 0 Å². The molecule has 130 valence electrons. The molecule has 0 bridgehead atoms. The molecule has 1 aliphatic heterocycles. The first kappa shape index (κ1) is 18.2. The number of nitrogens with one attached hydrogen (secondary N) is 2. The van der Waals surface area contributed by atoms with E-state index in [2.05, 4.69) is 46.7 Å². The number of rotatable bonds is 8. The van der Waals surface area contributed by atoms with Crippen LogP contribution in [0.25, 0.3) is 0 Å². The molecule has 1 aromatic heterocycles. The molecule has 1 aromatic rings. The second-order valence-electron chi connectivity index (χ2n) is 5.91. The Bertz CT molecular complexity index is 485. The number of thiazole rings is 1. The minimum absolute atomic E-state index is 0.612. The number of likely N-dealkylation sites (tertiary alicyclic amines) is 1. The van der Waals surface area contributed by atoms with Crippen LogP contribution in [0.3, 0.4) is 0 Å². The van der Waals surface area contributed by atoms with E-state index in [1.807, 2.05) is 0 Å². The molecule has 6 heteroatoms. The lowest BCUT2D eigenvalue weighted by atomic mass is 10.2. The second kappa shape index (κ2) is 9.88. The first-order valence-corrected chi connectivity index (χ1v) is 9.84. The van der Waals surface area contributed by atoms with Crippen molar-refractivity contribution in [3.05, 3.63) is 16.1 Å². The lowest BCUT2D eigenvalue weighted by molar-refractivity contribution is 0.273. The van der Waals surface area contributed by atoms with Crippen molar-refractivity contribution in [3.63, 3.8) is 0 Å². The Morgan fingerprint density at radius 2 is 2.26 bits per heavy atom. The summed E-state index contributed by atoms with van der Waals surface area (Å²) in [6, 6.07) is 0.612. The minimum Gasteiger partial charge on any atom is -0.357 e. The van der Waals surface area contributed by atoms with Crippen molar-refractivity contribution in [3.8, 4) is 0 Å². The van der Waals surface area contributed by atoms with Crippen LogP contribution < -0.4 is 10.6 Å². The summed E-state index contributed by atoms with van der Waals surface area (Å²) in [5.41, 5.74) is 1.18. The minimum atomic E-state index is 0.612. The predicted molar refractivity (Wildman–Crippen MR) is 99.4 cm³/mol. The molecule has 0 aliphatic carbocycles. The number of aliphatic imine (C=N–C) groups is 1. The zero-order valence-corrected chi connectivity index (χ0v) is 15.6. The SMILES string of the molecule is CCNC(=NCC1CCCN1CC)NCCc1csc(CC)n1. The van der Waals surface area contributed by atoms with Gasteiger partial charge in [0.25, 0.3) is 0 Å². The third kappa shape index (κ3) is 5.77. The van der Waals surface area contributed by atoms with Gasteiger partial charge in [-0.2, -0.15) is 0 Å². The van der Waals surface area contributed by atoms with Crippen LogP contribution in [0, 0.1) is 0 Å². The molecule has 2 heterocycles. The summed E-state index contributed by atoms with van der Waals surface area (Å²) in [6.45, 7) is 11.5. The lowest BCUT2D eigenvalue weighted by Crippen LogP contribution is -2.40. The summed E-state index contributed by atoms with van der Waals surface area (Å²) < 4.78 is 0. The topological polar surface area (TPSA) is 52.6 Å². The molecule has 23 heavy (non-hydrogen) atoms. The fourth-order valence-electron chi connectivity index (χ4n) is 2.99. The Morgan fingerprint density at radius 3 is 2.96 bits per heavy atom. The van der Waals surface area contributed by atoms with Crippen molar-refractivity contribution < 1.29 is 0 Å². The van der Waals surface area contributed by atoms with E-state index in [4.69, 9.17) is 4.99 Å². The zero-order valence-electron chi connectivity index (χ0n) is 14.8. The summed E-state index contributed by atoms with van der Waals surface area (Å²) >= 11 is 1.76. The Labute approximate surface area is 144 Å². The number of aryl methyl sites for hydroxylation is 1. The average molecular weight is 338 g/mol. The Balaban J connectivity index is 1.79. The van der Waals surface area contributed by atoms with Crippen LogP contribution >= 0.6 is 11.3 Å². The molecule has 5 nitrogen and oxygen atoms in total. The molecule has 0 saturated carbocycles. The van der Waals surface area contributed by atoms with Crippen molar-refractivity contribution in [2.75, 3.05) is 32.7 Å². The van der Waals surface area contributed by atoms with Crippen molar-refractivity contribution in [1.29, 1.82) is 0 Å². The summed E-state index contributed by atoms with van der Waals surface area (Å²) in [4.78, 5) is 11.9. The highest BCUT2D eigenvalue weighted by Gasteiger charge is 2.22. The number of nitrogens with zero attached hydrogens (tertiary/aromatic N) is 3. The molecule has 1 saturated heterocycles. The molecule has 2 rings (SSSR count). The molecule has 1 atom stereocenters. The van der Waals surface area contributed by atoms with E-state index in [0.717, 1.165) is 45.0 Å². The van der Waals surface area contributed by atoms with Gasteiger partial charge in [0.15, 0.2) is 5.96 Å². The molecular formula is C17H31N5S. The Morgan fingerprint density at radius 1 is 1.39 bits per heavy atom. The Kier molecular flexibility index (Phi) is 7.82. The number of aromatic nitrogens is 1. The van der Waals surface area contributed by atoms with Gasteiger partial charge in [0.05, 0.1) is 17.2 Å². The molecule has 0 radical (unpaired) electrons. The number of hydrogen-bond donors (Lipinski definition) is 2. The number of likely N-dealkylation sites (N-methyl/N-ethyl adjacent to an activating group) is 1. The van der Waals surface area contributed by atoms with Crippen LogP contribution in [-0.4, -0.2) is 54.6 Å². The molecule has 1 unspecified atom stereocenters. The van der Waals surface area contributed by atoms with Crippen LogP contribution in [0.5, 0.6) is 0 Å². The van der Waals surface area contributed by atoms with Crippen molar-refractivity contribution >= 4 is 17.3 Å². The molecular weight excluding hydrogens is 306 g/mol. The van der Waals surface area contributed by atoms with E-state index in [1.54, 1.807) is 11.3 Å². The fraction of sp³-hybridized carbons (Fsp3) is 0.765. The van der Waals surface area contributed by atoms with E-state index >= 15 is 0 Å². The maximum absolute atomic E-state index is 4.78. The van der Waals surface area contributed by atoms with Crippen molar-refractivity contribution in [2.45, 2.75) is 52.5 Å². The predicted octanol–water partition coefficient (Wildman–Crippen LogP) is 2.29. The smallest absolute Gasteiger partial charge is 0.191 e. The number of guanidine groups is 1. The molecule has 0 aromatic carbocycles. The second-order valence-corrected chi connectivity index (χ2v) is 6.85. The van der Waals surface area contributed by atoms with E-state index < -0.39 is 0 Å².